The predicted molar refractivity (Wildman–Crippen MR) is 45.1 cm³/mol. The summed E-state index contributed by atoms with van der Waals surface area (Å²) in [5.74, 6) is 0. The smallest absolute Gasteiger partial charge is 0.412 e. The zero-order valence-corrected chi connectivity index (χ0v) is 9.67. The first-order valence-corrected chi connectivity index (χ1v) is 2.19. The van der Waals surface area contributed by atoms with Crippen LogP contribution in [0.3, 0.4) is 0 Å². The van der Waals surface area contributed by atoms with Crippen LogP contribution < -0.4 is 0 Å². The molecule has 0 rings (SSSR count). The van der Waals surface area contributed by atoms with Gasteiger partial charge < -0.3 is 66.8 Å². The molecule has 0 amide bonds. The van der Waals surface area contributed by atoms with Crippen molar-refractivity contribution < 1.29 is 60.0 Å². The van der Waals surface area contributed by atoms with Gasteiger partial charge >= 0.3 is 34.1 Å². The third kappa shape index (κ3) is 621. The van der Waals surface area contributed by atoms with Crippen LogP contribution in [0.25, 0.3) is 0 Å². The standard InChI is InChI=1S/2Cu.4NO3.H2O/c;;4*2-1(3)4;/h;;;;;;1H2/q2*+2;4*-1;. The van der Waals surface area contributed by atoms with E-state index in [1.807, 2.05) is 0 Å². The van der Waals surface area contributed by atoms with Crippen LogP contribution in [0.15, 0.2) is 0 Å². The number of nitrogens with zero attached hydrogens (tertiary/aromatic N) is 4. The average molecular weight is 393 g/mol. The third-order valence-corrected chi connectivity index (χ3v) is 0. The molecule has 0 heterocycles. The Labute approximate surface area is 122 Å². The Hall–Kier alpha value is -2.20. The van der Waals surface area contributed by atoms with E-state index in [2.05, 4.69) is 0 Å². The topological polar surface area (TPSA) is 296 Å². The van der Waals surface area contributed by atoms with E-state index < -0.39 is 20.3 Å². The summed E-state index contributed by atoms with van der Waals surface area (Å²) in [6.07, 6.45) is 0. The molecule has 0 aromatic rings. The number of rotatable bonds is 0. The molecule has 17 nitrogen and oxygen atoms in total. The Balaban J connectivity index is -0.0000000192. The summed E-state index contributed by atoms with van der Waals surface area (Å²) in [6, 6.07) is 0. The molecule has 0 aromatic heterocycles. The molecule has 0 saturated heterocycles. The molecule has 19 heteroatoms. The van der Waals surface area contributed by atoms with Gasteiger partial charge in [-0.05, 0) is 0 Å². The molecule has 0 atom stereocenters. The van der Waals surface area contributed by atoms with Crippen molar-refractivity contribution in [1.82, 2.24) is 0 Å². The maximum absolute atomic E-state index is 8.25. The summed E-state index contributed by atoms with van der Waals surface area (Å²) in [6.45, 7) is 0. The van der Waals surface area contributed by atoms with Crippen LogP contribution in [-0.2, 0) is 34.1 Å². The van der Waals surface area contributed by atoms with Gasteiger partial charge in [-0.3, -0.25) is 0 Å². The Kier molecular flexibility index (Phi) is 82.8. The third-order valence-electron chi connectivity index (χ3n) is 0. The molecule has 2 radical (unpaired) electrons. The molecule has 0 bridgehead atoms. The van der Waals surface area contributed by atoms with E-state index in [4.69, 9.17) is 61.3 Å². The average Bonchev–Trinajstić information content (AvgIpc) is 1.76. The number of hydrogen-bond acceptors (Lipinski definition) is 12. The van der Waals surface area contributed by atoms with Gasteiger partial charge in [-0.25, -0.2) is 0 Å². The van der Waals surface area contributed by atoms with Crippen molar-refractivity contribution >= 4 is 0 Å². The summed E-state index contributed by atoms with van der Waals surface area (Å²) in [7, 11) is 0. The largest absolute Gasteiger partial charge is 2.00 e. The first-order chi connectivity index (χ1) is 6.93. The first-order valence-electron chi connectivity index (χ1n) is 2.19. The Bertz CT molecular complexity index is 163. The first kappa shape index (κ1) is 43.7. The van der Waals surface area contributed by atoms with Gasteiger partial charge in [0.15, 0.2) is 0 Å². The molecule has 19 heavy (non-hydrogen) atoms. The maximum Gasteiger partial charge on any atom is 2.00 e. The van der Waals surface area contributed by atoms with Crippen LogP contribution in [-0.4, -0.2) is 25.8 Å². The van der Waals surface area contributed by atoms with E-state index in [9.17, 15) is 0 Å². The molecule has 122 valence electrons. The van der Waals surface area contributed by atoms with E-state index in [1.165, 1.54) is 0 Å². The molecule has 0 spiro atoms. The van der Waals surface area contributed by atoms with Gasteiger partial charge in [0.05, 0.1) is 20.3 Å². The van der Waals surface area contributed by atoms with Crippen molar-refractivity contribution in [2.75, 3.05) is 0 Å². The quantitative estimate of drug-likeness (QED) is 0.250. The second kappa shape index (κ2) is 36.0. The maximum atomic E-state index is 8.25. The van der Waals surface area contributed by atoms with Gasteiger partial charge in [-0.1, -0.05) is 0 Å². The van der Waals surface area contributed by atoms with Crippen LogP contribution in [0.5, 0.6) is 0 Å². The minimum Gasteiger partial charge on any atom is -0.412 e. The molecule has 0 aromatic carbocycles. The second-order valence-electron chi connectivity index (χ2n) is 0.894. The predicted octanol–water partition coefficient (Wildman–Crippen LogP) is -1.79. The van der Waals surface area contributed by atoms with Crippen LogP contribution in [0.4, 0.5) is 0 Å². The molecule has 0 aliphatic heterocycles. The Morgan fingerprint density at radius 2 is 0.421 bits per heavy atom. The fourth-order valence-corrected chi connectivity index (χ4v) is 0. The molecule has 0 aliphatic rings. The summed E-state index contributed by atoms with van der Waals surface area (Å²) in [4.78, 5) is 33.0. The van der Waals surface area contributed by atoms with Crippen molar-refractivity contribution in [2.45, 2.75) is 0 Å². The molecule has 0 aliphatic carbocycles. The molecule has 0 unspecified atom stereocenters. The molecular weight excluding hydrogens is 391 g/mol. The van der Waals surface area contributed by atoms with E-state index in [1.54, 1.807) is 0 Å². The summed E-state index contributed by atoms with van der Waals surface area (Å²) in [5.41, 5.74) is 0. The minimum absolute atomic E-state index is 0. The summed E-state index contributed by atoms with van der Waals surface area (Å²) in [5, 5.41) is 59.0. The van der Waals surface area contributed by atoms with Crippen molar-refractivity contribution in [3.8, 4) is 0 Å². The van der Waals surface area contributed by atoms with Gasteiger partial charge in [-0.15, -0.1) is 0 Å². The van der Waals surface area contributed by atoms with E-state index in [0.717, 1.165) is 0 Å². The fourth-order valence-electron chi connectivity index (χ4n) is 0. The van der Waals surface area contributed by atoms with Crippen LogP contribution in [0, 0.1) is 61.3 Å². The SMILES string of the molecule is O.O=[N+]([O-])[O-].O=[N+]([O-])[O-].O=[N+]([O-])[O-].O=[N+]([O-])[O-].[Cu+2].[Cu+2]. The van der Waals surface area contributed by atoms with Gasteiger partial charge in [0.2, 0.25) is 0 Å². The van der Waals surface area contributed by atoms with E-state index in [0.29, 0.717) is 0 Å². The number of hydrogen-bond donors (Lipinski definition) is 0. The van der Waals surface area contributed by atoms with Crippen LogP contribution in [0.1, 0.15) is 0 Å². The van der Waals surface area contributed by atoms with Crippen LogP contribution >= 0.6 is 0 Å². The molecule has 0 fully saturated rings. The Morgan fingerprint density at radius 1 is 0.421 bits per heavy atom. The summed E-state index contributed by atoms with van der Waals surface area (Å²) < 4.78 is 0. The normalized spacial score (nSPS) is 5.05. The fraction of sp³-hybridized carbons (Fsp3) is 0. The van der Waals surface area contributed by atoms with Crippen molar-refractivity contribution in [1.29, 1.82) is 0 Å². The van der Waals surface area contributed by atoms with Crippen molar-refractivity contribution in [3.05, 3.63) is 61.3 Å². The zero-order valence-electron chi connectivity index (χ0n) is 7.79. The second-order valence-corrected chi connectivity index (χ2v) is 0.894. The molecular formula is H2Cu2N4O13. The van der Waals surface area contributed by atoms with Crippen molar-refractivity contribution in [2.24, 2.45) is 0 Å². The van der Waals surface area contributed by atoms with Gasteiger partial charge in [0.25, 0.3) is 0 Å². The zero-order chi connectivity index (χ0) is 14.3. The summed E-state index contributed by atoms with van der Waals surface area (Å²) >= 11 is 0. The van der Waals surface area contributed by atoms with Crippen LogP contribution in [0.2, 0.25) is 0 Å². The minimum atomic E-state index is -1.75. The van der Waals surface area contributed by atoms with Crippen molar-refractivity contribution in [3.63, 3.8) is 0 Å². The molecule has 0 saturated carbocycles. The van der Waals surface area contributed by atoms with E-state index >= 15 is 0 Å². The molecule has 2 N–H and O–H groups in total. The monoisotopic (exact) mass is 392 g/mol. The van der Waals surface area contributed by atoms with Gasteiger partial charge in [0.1, 0.15) is 0 Å². The van der Waals surface area contributed by atoms with E-state index in [-0.39, 0.29) is 39.6 Å². The van der Waals surface area contributed by atoms with Gasteiger partial charge in [0, 0.05) is 0 Å². The van der Waals surface area contributed by atoms with Gasteiger partial charge in [-0.2, -0.15) is 0 Å². The Morgan fingerprint density at radius 3 is 0.421 bits per heavy atom.